The lowest BCUT2D eigenvalue weighted by Gasteiger charge is -2.35. The SMILES string of the molecule is CCc1nc2c(s1)Sc1ccccc1N=C2N1CCN[C@@H](CCc2cccc(F)c2)C1. The number of thiazole rings is 1. The summed E-state index contributed by atoms with van der Waals surface area (Å²) < 4.78 is 14.8. The van der Waals surface area contributed by atoms with E-state index >= 15 is 0 Å². The third kappa shape index (κ3) is 4.54. The Balaban J connectivity index is 1.40. The van der Waals surface area contributed by atoms with Crippen molar-refractivity contribution in [2.45, 2.75) is 41.3 Å². The molecule has 1 fully saturated rings. The summed E-state index contributed by atoms with van der Waals surface area (Å²) in [6, 6.07) is 15.6. The van der Waals surface area contributed by atoms with Gasteiger partial charge in [0.2, 0.25) is 0 Å². The van der Waals surface area contributed by atoms with Crippen LogP contribution in [0.25, 0.3) is 0 Å². The molecular formula is C24H25FN4S2. The van der Waals surface area contributed by atoms with Crippen molar-refractivity contribution in [3.8, 4) is 0 Å². The Morgan fingerprint density at radius 1 is 1.19 bits per heavy atom. The molecule has 0 aliphatic carbocycles. The molecule has 0 saturated carbocycles. The molecule has 0 bridgehead atoms. The van der Waals surface area contributed by atoms with Gasteiger partial charge >= 0.3 is 0 Å². The van der Waals surface area contributed by atoms with Gasteiger partial charge in [-0.2, -0.15) is 0 Å². The predicted octanol–water partition coefficient (Wildman–Crippen LogP) is 5.29. The molecule has 1 saturated heterocycles. The maximum Gasteiger partial charge on any atom is 0.157 e. The second-order valence-electron chi connectivity index (χ2n) is 7.87. The lowest BCUT2D eigenvalue weighted by Crippen LogP contribution is -2.53. The van der Waals surface area contributed by atoms with E-state index < -0.39 is 0 Å². The van der Waals surface area contributed by atoms with Gasteiger partial charge in [-0.1, -0.05) is 43.0 Å². The van der Waals surface area contributed by atoms with E-state index in [4.69, 9.17) is 9.98 Å². The van der Waals surface area contributed by atoms with Crippen molar-refractivity contribution in [3.05, 3.63) is 70.6 Å². The lowest BCUT2D eigenvalue weighted by atomic mass is 10.0. The number of piperazine rings is 1. The molecule has 3 heterocycles. The van der Waals surface area contributed by atoms with Crippen molar-refractivity contribution in [3.63, 3.8) is 0 Å². The molecule has 0 radical (unpaired) electrons. The Morgan fingerprint density at radius 3 is 2.97 bits per heavy atom. The number of benzene rings is 2. The van der Waals surface area contributed by atoms with E-state index in [1.165, 1.54) is 15.2 Å². The van der Waals surface area contributed by atoms with E-state index in [0.29, 0.717) is 6.04 Å². The smallest absolute Gasteiger partial charge is 0.157 e. The fourth-order valence-electron chi connectivity index (χ4n) is 4.08. The fourth-order valence-corrected chi connectivity index (χ4v) is 6.33. The molecule has 0 unspecified atom stereocenters. The van der Waals surface area contributed by atoms with Crippen LogP contribution in [0.15, 0.2) is 62.6 Å². The van der Waals surface area contributed by atoms with Gasteiger partial charge in [0.15, 0.2) is 5.84 Å². The van der Waals surface area contributed by atoms with E-state index in [1.807, 2.05) is 12.1 Å². The minimum Gasteiger partial charge on any atom is -0.352 e. The number of aliphatic imine (C=N–C) groups is 1. The van der Waals surface area contributed by atoms with Gasteiger partial charge in [0.05, 0.1) is 14.9 Å². The van der Waals surface area contributed by atoms with Crippen molar-refractivity contribution in [2.75, 3.05) is 19.6 Å². The number of hydrogen-bond donors (Lipinski definition) is 1. The van der Waals surface area contributed by atoms with Gasteiger partial charge in [-0.25, -0.2) is 14.4 Å². The number of fused-ring (bicyclic) bond motifs is 2. The maximum atomic E-state index is 13.5. The summed E-state index contributed by atoms with van der Waals surface area (Å²) >= 11 is 3.56. The molecule has 2 aromatic carbocycles. The number of amidine groups is 1. The minimum atomic E-state index is -0.164. The summed E-state index contributed by atoms with van der Waals surface area (Å²) in [5.74, 6) is 0.822. The molecule has 5 rings (SSSR count). The van der Waals surface area contributed by atoms with E-state index in [9.17, 15) is 4.39 Å². The summed E-state index contributed by atoms with van der Waals surface area (Å²) in [6.07, 6.45) is 2.75. The van der Waals surface area contributed by atoms with Crippen LogP contribution in [0.5, 0.6) is 0 Å². The Kier molecular flexibility index (Phi) is 6.07. The number of nitrogens with one attached hydrogen (secondary N) is 1. The number of rotatable bonds is 4. The van der Waals surface area contributed by atoms with Gasteiger partial charge in [-0.05, 0) is 49.1 Å². The molecule has 0 spiro atoms. The van der Waals surface area contributed by atoms with Crippen LogP contribution >= 0.6 is 23.1 Å². The highest BCUT2D eigenvalue weighted by atomic mass is 32.2. The topological polar surface area (TPSA) is 40.5 Å². The van der Waals surface area contributed by atoms with Crippen LogP contribution in [0.2, 0.25) is 0 Å². The van der Waals surface area contributed by atoms with Crippen LogP contribution in [-0.2, 0) is 12.8 Å². The van der Waals surface area contributed by atoms with Crippen LogP contribution in [0.4, 0.5) is 10.1 Å². The largest absolute Gasteiger partial charge is 0.352 e. The molecule has 1 atom stereocenters. The Bertz CT molecular complexity index is 1110. The highest BCUT2D eigenvalue weighted by Gasteiger charge is 2.29. The first kappa shape index (κ1) is 20.7. The third-order valence-corrected chi connectivity index (χ3v) is 8.11. The van der Waals surface area contributed by atoms with Crippen molar-refractivity contribution >= 4 is 34.6 Å². The number of para-hydroxylation sites is 1. The highest BCUT2D eigenvalue weighted by molar-refractivity contribution is 8.01. The maximum absolute atomic E-state index is 13.5. The quantitative estimate of drug-likeness (QED) is 0.584. The molecule has 1 N–H and O–H groups in total. The number of aromatic nitrogens is 1. The zero-order chi connectivity index (χ0) is 21.2. The van der Waals surface area contributed by atoms with Crippen molar-refractivity contribution < 1.29 is 4.39 Å². The summed E-state index contributed by atoms with van der Waals surface area (Å²) in [7, 11) is 0. The standard InChI is InChI=1S/C24H25FN4S2/c1-2-21-28-22-23(27-19-8-3-4-9-20(19)30-24(22)31-21)29-13-12-26-18(15-29)11-10-16-6-5-7-17(25)14-16/h3-9,14,18,26H,2,10-13,15H2,1H3/t18-/m0/s1. The zero-order valence-corrected chi connectivity index (χ0v) is 19.1. The van der Waals surface area contributed by atoms with Crippen LogP contribution in [0, 0.1) is 5.82 Å². The van der Waals surface area contributed by atoms with E-state index in [-0.39, 0.29) is 5.82 Å². The van der Waals surface area contributed by atoms with Crippen molar-refractivity contribution in [2.24, 2.45) is 4.99 Å². The average molecular weight is 453 g/mol. The molecular weight excluding hydrogens is 427 g/mol. The number of halogens is 1. The average Bonchev–Trinajstić information content (AvgIpc) is 3.13. The summed E-state index contributed by atoms with van der Waals surface area (Å²) in [5, 5.41) is 4.79. The van der Waals surface area contributed by atoms with Gasteiger partial charge in [-0.15, -0.1) is 11.3 Å². The summed E-state index contributed by atoms with van der Waals surface area (Å²) in [6.45, 7) is 4.84. The summed E-state index contributed by atoms with van der Waals surface area (Å²) in [5.41, 5.74) is 3.08. The van der Waals surface area contributed by atoms with Gasteiger partial charge in [-0.3, -0.25) is 0 Å². The molecule has 31 heavy (non-hydrogen) atoms. The normalized spacial score (nSPS) is 18.2. The van der Waals surface area contributed by atoms with Crippen LogP contribution < -0.4 is 5.32 Å². The van der Waals surface area contributed by atoms with Gasteiger partial charge in [0.25, 0.3) is 0 Å². The minimum absolute atomic E-state index is 0.164. The predicted molar refractivity (Wildman–Crippen MR) is 126 cm³/mol. The summed E-state index contributed by atoms with van der Waals surface area (Å²) in [4.78, 5) is 13.6. The Morgan fingerprint density at radius 2 is 2.10 bits per heavy atom. The second-order valence-corrected chi connectivity index (χ2v) is 10.3. The zero-order valence-electron chi connectivity index (χ0n) is 17.5. The fraction of sp³-hybridized carbons (Fsp3) is 0.333. The molecule has 1 aromatic heterocycles. The molecule has 4 nitrogen and oxygen atoms in total. The van der Waals surface area contributed by atoms with Gasteiger partial charge in [0, 0.05) is 30.6 Å². The van der Waals surface area contributed by atoms with E-state index in [2.05, 4.69) is 35.3 Å². The molecule has 2 aliphatic heterocycles. The molecule has 3 aromatic rings. The van der Waals surface area contributed by atoms with Crippen LogP contribution in [0.3, 0.4) is 0 Å². The van der Waals surface area contributed by atoms with Gasteiger partial charge in [0.1, 0.15) is 11.5 Å². The molecule has 7 heteroatoms. The van der Waals surface area contributed by atoms with E-state index in [0.717, 1.165) is 66.7 Å². The number of nitrogens with zero attached hydrogens (tertiary/aromatic N) is 3. The van der Waals surface area contributed by atoms with Crippen LogP contribution in [-0.4, -0.2) is 41.4 Å². The number of aryl methyl sites for hydroxylation is 2. The molecule has 0 amide bonds. The first-order chi connectivity index (χ1) is 15.2. The lowest BCUT2D eigenvalue weighted by molar-refractivity contribution is 0.281. The first-order valence-electron chi connectivity index (χ1n) is 10.8. The Hall–Kier alpha value is -2.22. The van der Waals surface area contributed by atoms with E-state index in [1.54, 1.807) is 35.2 Å². The number of hydrogen-bond acceptors (Lipinski definition) is 6. The first-order valence-corrected chi connectivity index (χ1v) is 12.4. The highest BCUT2D eigenvalue weighted by Crippen LogP contribution is 2.43. The monoisotopic (exact) mass is 452 g/mol. The molecule has 160 valence electrons. The van der Waals surface area contributed by atoms with Crippen molar-refractivity contribution in [1.82, 2.24) is 15.2 Å². The van der Waals surface area contributed by atoms with Gasteiger partial charge < -0.3 is 10.2 Å². The Labute approximate surface area is 190 Å². The van der Waals surface area contributed by atoms with Crippen molar-refractivity contribution in [1.29, 1.82) is 0 Å². The molecule has 2 aliphatic rings. The second kappa shape index (κ2) is 9.10. The third-order valence-electron chi connectivity index (χ3n) is 5.67. The van der Waals surface area contributed by atoms with Crippen LogP contribution in [0.1, 0.15) is 29.6 Å².